The molecule has 1 fully saturated rings. The SMILES string of the molecule is Cc1ccc(C(=O)NC2CCCc3c2c(C)nn3C)cc1NC(=O)C1CCOCC1. The number of nitrogens with one attached hydrogen (secondary N) is 2. The van der Waals surface area contributed by atoms with Crippen LogP contribution in [0.2, 0.25) is 0 Å². The third-order valence-electron chi connectivity index (χ3n) is 6.30. The molecule has 7 heteroatoms. The Balaban J connectivity index is 1.49. The van der Waals surface area contributed by atoms with Gasteiger partial charge in [-0.05, 0) is 63.6 Å². The van der Waals surface area contributed by atoms with Crippen LogP contribution in [0.3, 0.4) is 0 Å². The number of aromatic nitrogens is 2. The monoisotopic (exact) mass is 410 g/mol. The maximum Gasteiger partial charge on any atom is 0.251 e. The van der Waals surface area contributed by atoms with E-state index in [2.05, 4.69) is 15.7 Å². The number of fused-ring (bicyclic) bond motifs is 1. The van der Waals surface area contributed by atoms with Gasteiger partial charge in [0.2, 0.25) is 5.91 Å². The highest BCUT2D eigenvalue weighted by Crippen LogP contribution is 2.32. The quantitative estimate of drug-likeness (QED) is 0.811. The van der Waals surface area contributed by atoms with Gasteiger partial charge in [-0.3, -0.25) is 14.3 Å². The minimum atomic E-state index is -0.127. The third kappa shape index (κ3) is 4.12. The zero-order valence-corrected chi connectivity index (χ0v) is 18.0. The van der Waals surface area contributed by atoms with Crippen LogP contribution in [-0.2, 0) is 23.0 Å². The Morgan fingerprint density at radius 3 is 2.70 bits per heavy atom. The number of rotatable bonds is 4. The number of benzene rings is 1. The molecule has 1 atom stereocenters. The number of hydrogen-bond acceptors (Lipinski definition) is 4. The molecule has 0 bridgehead atoms. The smallest absolute Gasteiger partial charge is 0.251 e. The number of aryl methyl sites for hydroxylation is 3. The van der Waals surface area contributed by atoms with Crippen LogP contribution in [0.5, 0.6) is 0 Å². The third-order valence-corrected chi connectivity index (χ3v) is 6.30. The number of anilines is 1. The minimum Gasteiger partial charge on any atom is -0.381 e. The van der Waals surface area contributed by atoms with E-state index in [1.54, 1.807) is 6.07 Å². The van der Waals surface area contributed by atoms with Gasteiger partial charge in [-0.25, -0.2) is 0 Å². The van der Waals surface area contributed by atoms with Crippen molar-refractivity contribution in [2.24, 2.45) is 13.0 Å². The van der Waals surface area contributed by atoms with Gasteiger partial charge >= 0.3 is 0 Å². The van der Waals surface area contributed by atoms with Gasteiger partial charge in [-0.15, -0.1) is 0 Å². The maximum absolute atomic E-state index is 13.0. The van der Waals surface area contributed by atoms with Crippen molar-refractivity contribution < 1.29 is 14.3 Å². The van der Waals surface area contributed by atoms with E-state index < -0.39 is 0 Å². The van der Waals surface area contributed by atoms with Gasteiger partial charge < -0.3 is 15.4 Å². The number of nitrogens with zero attached hydrogens (tertiary/aromatic N) is 2. The summed E-state index contributed by atoms with van der Waals surface area (Å²) in [5, 5.41) is 10.7. The summed E-state index contributed by atoms with van der Waals surface area (Å²) in [7, 11) is 1.96. The molecule has 2 amide bonds. The molecule has 2 N–H and O–H groups in total. The fourth-order valence-electron chi connectivity index (χ4n) is 4.57. The van der Waals surface area contributed by atoms with E-state index in [9.17, 15) is 9.59 Å². The second-order valence-corrected chi connectivity index (χ2v) is 8.39. The molecular weight excluding hydrogens is 380 g/mol. The molecule has 1 unspecified atom stereocenters. The van der Waals surface area contributed by atoms with Crippen LogP contribution in [0.15, 0.2) is 18.2 Å². The van der Waals surface area contributed by atoms with E-state index in [4.69, 9.17) is 4.74 Å². The molecule has 0 spiro atoms. The molecule has 4 rings (SSSR count). The van der Waals surface area contributed by atoms with Crippen LogP contribution in [0.4, 0.5) is 5.69 Å². The van der Waals surface area contributed by atoms with E-state index in [1.165, 1.54) is 5.69 Å². The highest BCUT2D eigenvalue weighted by Gasteiger charge is 2.28. The number of hydrogen-bond donors (Lipinski definition) is 2. The van der Waals surface area contributed by atoms with Crippen molar-refractivity contribution in [3.05, 3.63) is 46.3 Å². The normalized spacial score (nSPS) is 19.2. The summed E-state index contributed by atoms with van der Waals surface area (Å²) < 4.78 is 7.27. The van der Waals surface area contributed by atoms with Crippen molar-refractivity contribution in [1.82, 2.24) is 15.1 Å². The largest absolute Gasteiger partial charge is 0.381 e. The van der Waals surface area contributed by atoms with Gasteiger partial charge in [-0.1, -0.05) is 6.07 Å². The summed E-state index contributed by atoms with van der Waals surface area (Å²) >= 11 is 0. The maximum atomic E-state index is 13.0. The summed E-state index contributed by atoms with van der Waals surface area (Å²) in [5.41, 5.74) is 5.52. The van der Waals surface area contributed by atoms with E-state index in [1.807, 2.05) is 37.7 Å². The van der Waals surface area contributed by atoms with Crippen molar-refractivity contribution in [3.8, 4) is 0 Å². The van der Waals surface area contributed by atoms with Crippen molar-refractivity contribution in [2.75, 3.05) is 18.5 Å². The van der Waals surface area contributed by atoms with Crippen LogP contribution < -0.4 is 10.6 Å². The predicted molar refractivity (Wildman–Crippen MR) is 114 cm³/mol. The molecule has 160 valence electrons. The summed E-state index contributed by atoms with van der Waals surface area (Å²) in [5.74, 6) is -0.163. The Morgan fingerprint density at radius 2 is 1.93 bits per heavy atom. The summed E-state index contributed by atoms with van der Waals surface area (Å²) in [6.07, 6.45) is 4.40. The minimum absolute atomic E-state index is 0.00173. The average molecular weight is 411 g/mol. The van der Waals surface area contributed by atoms with E-state index in [-0.39, 0.29) is 23.8 Å². The Bertz CT molecular complexity index is 960. The highest BCUT2D eigenvalue weighted by atomic mass is 16.5. The van der Waals surface area contributed by atoms with E-state index in [0.717, 1.165) is 48.9 Å². The lowest BCUT2D eigenvalue weighted by Gasteiger charge is -2.25. The molecular formula is C23H30N4O3. The van der Waals surface area contributed by atoms with E-state index >= 15 is 0 Å². The first-order chi connectivity index (χ1) is 14.4. The molecule has 0 radical (unpaired) electrons. The molecule has 2 aliphatic rings. The second-order valence-electron chi connectivity index (χ2n) is 8.39. The molecule has 0 saturated carbocycles. The lowest BCUT2D eigenvalue weighted by Crippen LogP contribution is -2.31. The van der Waals surface area contributed by atoms with Crippen molar-refractivity contribution in [3.63, 3.8) is 0 Å². The predicted octanol–water partition coefficient (Wildman–Crippen LogP) is 3.21. The molecule has 7 nitrogen and oxygen atoms in total. The first kappa shape index (κ1) is 20.6. The first-order valence-corrected chi connectivity index (χ1v) is 10.8. The van der Waals surface area contributed by atoms with Crippen LogP contribution in [0.1, 0.15) is 64.6 Å². The van der Waals surface area contributed by atoms with Crippen LogP contribution >= 0.6 is 0 Å². The second kappa shape index (κ2) is 8.60. The Hall–Kier alpha value is -2.67. The van der Waals surface area contributed by atoms with Gasteiger partial charge in [0.25, 0.3) is 5.91 Å². The van der Waals surface area contributed by atoms with Gasteiger partial charge in [0.05, 0.1) is 11.7 Å². The van der Waals surface area contributed by atoms with Crippen molar-refractivity contribution in [1.29, 1.82) is 0 Å². The zero-order valence-electron chi connectivity index (χ0n) is 18.0. The lowest BCUT2D eigenvalue weighted by molar-refractivity contribution is -0.122. The van der Waals surface area contributed by atoms with Crippen molar-refractivity contribution in [2.45, 2.75) is 52.0 Å². The van der Waals surface area contributed by atoms with Crippen LogP contribution in [0, 0.1) is 19.8 Å². The Morgan fingerprint density at radius 1 is 1.17 bits per heavy atom. The molecule has 2 aromatic rings. The average Bonchev–Trinajstić information content (AvgIpc) is 3.04. The van der Waals surface area contributed by atoms with Crippen LogP contribution in [-0.4, -0.2) is 34.8 Å². The number of amides is 2. The molecule has 1 aromatic heterocycles. The Labute approximate surface area is 177 Å². The van der Waals surface area contributed by atoms with Gasteiger partial charge in [-0.2, -0.15) is 5.10 Å². The van der Waals surface area contributed by atoms with E-state index in [0.29, 0.717) is 24.5 Å². The van der Waals surface area contributed by atoms with Gasteiger partial charge in [0.15, 0.2) is 0 Å². The molecule has 1 saturated heterocycles. The lowest BCUT2D eigenvalue weighted by atomic mass is 9.90. The summed E-state index contributed by atoms with van der Waals surface area (Å²) in [6, 6.07) is 5.45. The molecule has 30 heavy (non-hydrogen) atoms. The molecule has 1 aromatic carbocycles. The van der Waals surface area contributed by atoms with Crippen molar-refractivity contribution >= 4 is 17.5 Å². The zero-order chi connectivity index (χ0) is 21.3. The number of carbonyl (C=O) groups is 2. The fraction of sp³-hybridized carbons (Fsp3) is 0.522. The standard InChI is InChI=1S/C23H30N4O3/c1-14-7-8-17(13-19(14)25-22(28)16-9-11-30-12-10-16)23(29)24-18-5-4-6-20-21(18)15(2)26-27(20)3/h7-8,13,16,18H,4-6,9-12H2,1-3H3,(H,24,29)(H,25,28). The molecule has 1 aliphatic heterocycles. The highest BCUT2D eigenvalue weighted by molar-refractivity contribution is 5.98. The topological polar surface area (TPSA) is 85.3 Å². The summed E-state index contributed by atoms with van der Waals surface area (Å²) in [4.78, 5) is 25.6. The molecule has 2 heterocycles. The Kier molecular flexibility index (Phi) is 5.90. The fourth-order valence-corrected chi connectivity index (χ4v) is 4.57. The first-order valence-electron chi connectivity index (χ1n) is 10.8. The molecule has 1 aliphatic carbocycles. The van der Waals surface area contributed by atoms with Gasteiger partial charge in [0.1, 0.15) is 0 Å². The van der Waals surface area contributed by atoms with Gasteiger partial charge in [0, 0.05) is 48.7 Å². The number of ether oxygens (including phenoxy) is 1. The summed E-state index contributed by atoms with van der Waals surface area (Å²) in [6.45, 7) is 5.18. The van der Waals surface area contributed by atoms with Crippen LogP contribution in [0.25, 0.3) is 0 Å². The number of carbonyl (C=O) groups excluding carboxylic acids is 2.